The molecule has 0 amide bonds. The Morgan fingerprint density at radius 1 is 1.82 bits per heavy atom. The van der Waals surface area contributed by atoms with Gasteiger partial charge in [-0.3, -0.25) is 0 Å². The van der Waals surface area contributed by atoms with Crippen LogP contribution in [0.5, 0.6) is 0 Å². The predicted molar refractivity (Wildman–Crippen MR) is 49.5 cm³/mol. The number of nitrogens with zero attached hydrogens (tertiary/aromatic N) is 2. The molecule has 0 saturated heterocycles. The molecular weight excluding hydrogens is 278 g/mol. The van der Waals surface area contributed by atoms with Gasteiger partial charge in [-0.1, -0.05) is 6.92 Å². The summed E-state index contributed by atoms with van der Waals surface area (Å²) in [6, 6.07) is 0. The van der Waals surface area contributed by atoms with Gasteiger partial charge in [0.15, 0.2) is 0 Å². The largest absolute Gasteiger partial charge is 0.246 e. The van der Waals surface area contributed by atoms with Crippen LogP contribution in [0, 0.1) is 3.83 Å². The molecule has 1 fully saturated rings. The second-order valence-electron chi connectivity index (χ2n) is 2.96. The Bertz CT molecular complexity index is 290. The second-order valence-corrected chi connectivity index (χ2v) is 4.67. The Kier molecular flexibility index (Phi) is 1.68. The van der Waals surface area contributed by atoms with E-state index in [-0.39, 0.29) is 5.41 Å². The van der Waals surface area contributed by atoms with E-state index in [1.807, 2.05) is 29.5 Å². The zero-order valence-corrected chi connectivity index (χ0v) is 8.82. The second kappa shape index (κ2) is 2.35. The van der Waals surface area contributed by atoms with Gasteiger partial charge in [-0.15, -0.1) is 0 Å². The molecule has 60 valence electrons. The summed E-state index contributed by atoms with van der Waals surface area (Å²) in [5, 5.41) is 0.842. The number of aromatic nitrogens is 2. The van der Waals surface area contributed by atoms with E-state index in [4.69, 9.17) is 0 Å². The average Bonchev–Trinajstić information content (AvgIpc) is 2.44. The molecule has 2 unspecified atom stereocenters. The first-order valence-corrected chi connectivity index (χ1v) is 5.12. The van der Waals surface area contributed by atoms with Gasteiger partial charge in [-0.25, -0.2) is 9.37 Å². The van der Waals surface area contributed by atoms with Crippen LogP contribution in [-0.4, -0.2) is 15.5 Å². The molecule has 1 heterocycles. The topological polar surface area (TPSA) is 25.8 Å². The summed E-state index contributed by atoms with van der Waals surface area (Å²) < 4.78 is 17.5. The molecule has 0 radical (unpaired) electrons. The van der Waals surface area contributed by atoms with Gasteiger partial charge < -0.3 is 0 Å². The molecule has 0 spiro atoms. The van der Waals surface area contributed by atoms with E-state index in [2.05, 4.69) is 9.36 Å². The highest BCUT2D eigenvalue weighted by molar-refractivity contribution is 14.1. The first-order chi connectivity index (χ1) is 5.13. The fourth-order valence-electron chi connectivity index (χ4n) is 0.972. The Hall–Kier alpha value is 0.220. The van der Waals surface area contributed by atoms with Crippen LogP contribution in [0.25, 0.3) is 0 Å². The number of hydrogen-bond donors (Lipinski definition) is 0. The molecule has 5 heteroatoms. The van der Waals surface area contributed by atoms with Crippen LogP contribution >= 0.6 is 34.1 Å². The standard InChI is InChI=1S/C6H6FIN2S/c1-6(2-3(6)7)4-9-5(8)10-11-4/h3H,2H2,1H3. The minimum absolute atomic E-state index is 0.304. The van der Waals surface area contributed by atoms with E-state index in [0.29, 0.717) is 6.42 Å². The van der Waals surface area contributed by atoms with E-state index >= 15 is 0 Å². The molecule has 0 aromatic carbocycles. The highest BCUT2D eigenvalue weighted by Crippen LogP contribution is 2.50. The number of halogens is 2. The van der Waals surface area contributed by atoms with Gasteiger partial charge in [0, 0.05) is 22.6 Å². The Morgan fingerprint density at radius 3 is 2.82 bits per heavy atom. The van der Waals surface area contributed by atoms with Gasteiger partial charge in [0.2, 0.25) is 3.83 Å². The number of hydrogen-bond acceptors (Lipinski definition) is 3. The molecule has 11 heavy (non-hydrogen) atoms. The maximum atomic E-state index is 12.8. The molecule has 2 nitrogen and oxygen atoms in total. The number of rotatable bonds is 1. The van der Waals surface area contributed by atoms with E-state index < -0.39 is 6.17 Å². The first kappa shape index (κ1) is 7.85. The Morgan fingerprint density at radius 2 is 2.45 bits per heavy atom. The molecule has 0 bridgehead atoms. The van der Waals surface area contributed by atoms with Gasteiger partial charge in [-0.05, 0) is 18.0 Å². The normalized spacial score (nSPS) is 35.7. The summed E-state index contributed by atoms with van der Waals surface area (Å²) in [6.45, 7) is 1.90. The minimum atomic E-state index is -0.703. The van der Waals surface area contributed by atoms with Crippen molar-refractivity contribution < 1.29 is 4.39 Å². The van der Waals surface area contributed by atoms with Crippen molar-refractivity contribution in [2.24, 2.45) is 0 Å². The highest BCUT2D eigenvalue weighted by atomic mass is 127. The van der Waals surface area contributed by atoms with Crippen LogP contribution in [0.2, 0.25) is 0 Å². The third-order valence-electron chi connectivity index (χ3n) is 2.02. The van der Waals surface area contributed by atoms with E-state index in [1.165, 1.54) is 11.5 Å². The molecule has 1 aromatic heterocycles. The fourth-order valence-corrected chi connectivity index (χ4v) is 2.42. The third kappa shape index (κ3) is 1.18. The fraction of sp³-hybridized carbons (Fsp3) is 0.667. The van der Waals surface area contributed by atoms with E-state index in [1.54, 1.807) is 0 Å². The lowest BCUT2D eigenvalue weighted by molar-refractivity contribution is 0.431. The van der Waals surface area contributed by atoms with Crippen LogP contribution < -0.4 is 0 Å². The summed E-state index contributed by atoms with van der Waals surface area (Å²) >= 11 is 3.36. The predicted octanol–water partition coefficient (Wildman–Crippen LogP) is 2.14. The molecule has 2 atom stereocenters. The van der Waals surface area contributed by atoms with Gasteiger partial charge >= 0.3 is 0 Å². The maximum absolute atomic E-state index is 12.8. The van der Waals surface area contributed by atoms with Crippen molar-refractivity contribution in [2.75, 3.05) is 0 Å². The summed E-state index contributed by atoms with van der Waals surface area (Å²) in [4.78, 5) is 4.15. The van der Waals surface area contributed by atoms with E-state index in [0.717, 1.165) is 8.84 Å². The summed E-state index contributed by atoms with van der Waals surface area (Å²) in [5.41, 5.74) is -0.304. The van der Waals surface area contributed by atoms with Gasteiger partial charge in [-0.2, -0.15) is 4.37 Å². The van der Waals surface area contributed by atoms with Gasteiger partial charge in [0.25, 0.3) is 0 Å². The van der Waals surface area contributed by atoms with Crippen molar-refractivity contribution in [3.05, 3.63) is 8.84 Å². The molecule has 0 N–H and O–H groups in total. The highest BCUT2D eigenvalue weighted by Gasteiger charge is 2.54. The van der Waals surface area contributed by atoms with Crippen molar-refractivity contribution in [1.29, 1.82) is 0 Å². The Labute approximate surface area is 81.5 Å². The molecule has 1 aromatic rings. The van der Waals surface area contributed by atoms with Crippen LogP contribution in [0.1, 0.15) is 18.4 Å². The van der Waals surface area contributed by atoms with E-state index in [9.17, 15) is 4.39 Å². The van der Waals surface area contributed by atoms with Crippen LogP contribution in [0.3, 0.4) is 0 Å². The van der Waals surface area contributed by atoms with Gasteiger partial charge in [0.1, 0.15) is 11.2 Å². The third-order valence-corrected chi connectivity index (χ3v) is 3.83. The SMILES string of the molecule is CC1(c2nc(I)ns2)CC1F. The van der Waals surface area contributed by atoms with Crippen molar-refractivity contribution in [3.8, 4) is 0 Å². The molecule has 1 aliphatic carbocycles. The smallest absolute Gasteiger partial charge is 0.203 e. The zero-order chi connectivity index (χ0) is 8.06. The van der Waals surface area contributed by atoms with Crippen LogP contribution in [-0.2, 0) is 5.41 Å². The van der Waals surface area contributed by atoms with Crippen LogP contribution in [0.4, 0.5) is 4.39 Å². The minimum Gasteiger partial charge on any atom is -0.246 e. The summed E-state index contributed by atoms with van der Waals surface area (Å²) in [5.74, 6) is 0. The monoisotopic (exact) mass is 284 g/mol. The van der Waals surface area contributed by atoms with Crippen molar-refractivity contribution in [1.82, 2.24) is 9.36 Å². The molecule has 2 rings (SSSR count). The number of alkyl halides is 1. The first-order valence-electron chi connectivity index (χ1n) is 3.27. The van der Waals surface area contributed by atoms with Crippen LogP contribution in [0.15, 0.2) is 0 Å². The van der Waals surface area contributed by atoms with Crippen molar-refractivity contribution >= 4 is 34.1 Å². The zero-order valence-electron chi connectivity index (χ0n) is 5.84. The lowest BCUT2D eigenvalue weighted by Crippen LogP contribution is -2.03. The Balaban J connectivity index is 2.31. The van der Waals surface area contributed by atoms with Gasteiger partial charge in [0.05, 0.1) is 5.41 Å². The summed E-state index contributed by atoms with van der Waals surface area (Å²) in [6.07, 6.45) is -0.0931. The quantitative estimate of drug-likeness (QED) is 0.738. The lowest BCUT2D eigenvalue weighted by Gasteiger charge is -1.99. The average molecular weight is 284 g/mol. The lowest BCUT2D eigenvalue weighted by atomic mass is 10.2. The molecular formula is C6H6FIN2S. The van der Waals surface area contributed by atoms with Crippen molar-refractivity contribution in [3.63, 3.8) is 0 Å². The maximum Gasteiger partial charge on any atom is 0.203 e. The summed E-state index contributed by atoms with van der Waals surface area (Å²) in [7, 11) is 0. The molecule has 1 aliphatic rings. The molecule has 0 aliphatic heterocycles. The molecule has 1 saturated carbocycles. The van der Waals surface area contributed by atoms with Crippen molar-refractivity contribution in [2.45, 2.75) is 24.9 Å².